The van der Waals surface area contributed by atoms with Gasteiger partial charge in [0.25, 0.3) is 0 Å². The van der Waals surface area contributed by atoms with Crippen molar-refractivity contribution in [1.29, 1.82) is 0 Å². The van der Waals surface area contributed by atoms with Crippen LogP contribution in [0.15, 0.2) is 48.5 Å². The summed E-state index contributed by atoms with van der Waals surface area (Å²) in [4.78, 5) is 26.9. The van der Waals surface area contributed by atoms with Crippen LogP contribution in [0.1, 0.15) is 22.8 Å². The number of Topliss-reactive ketones (excluding diaryl/α,β-unsaturated/α-hetero) is 1. The van der Waals surface area contributed by atoms with Crippen LogP contribution in [0.5, 0.6) is 23.0 Å². The Morgan fingerprint density at radius 2 is 1.61 bits per heavy atom. The average molecular weight is 522 g/mol. The Morgan fingerprint density at radius 3 is 2.21 bits per heavy atom. The van der Waals surface area contributed by atoms with Gasteiger partial charge in [-0.3, -0.25) is 4.79 Å². The van der Waals surface area contributed by atoms with Crippen molar-refractivity contribution in [2.45, 2.75) is 13.8 Å². The van der Waals surface area contributed by atoms with E-state index in [2.05, 4.69) is 10.6 Å². The van der Waals surface area contributed by atoms with Crippen molar-refractivity contribution in [3.63, 3.8) is 0 Å². The maximum atomic E-state index is 12.9. The lowest BCUT2D eigenvalue weighted by atomic mass is 9.99. The summed E-state index contributed by atoms with van der Waals surface area (Å²) in [6.45, 7) is 4.77. The first-order chi connectivity index (χ1) is 18.2. The number of benzene rings is 3. The summed E-state index contributed by atoms with van der Waals surface area (Å²) < 4.78 is 22.4. The fourth-order valence-electron chi connectivity index (χ4n) is 3.90. The summed E-state index contributed by atoms with van der Waals surface area (Å²) in [6, 6.07) is 13.8. The Kier molecular flexibility index (Phi) is 9.56. The lowest BCUT2D eigenvalue weighted by molar-refractivity contribution is 0.101. The van der Waals surface area contributed by atoms with Crippen LogP contribution in [-0.4, -0.2) is 65.3 Å². The van der Waals surface area contributed by atoms with Crippen molar-refractivity contribution < 1.29 is 28.5 Å². The molecule has 0 aliphatic rings. The molecule has 2 N–H and O–H groups in total. The molecule has 0 unspecified atom stereocenters. The van der Waals surface area contributed by atoms with Crippen molar-refractivity contribution in [1.82, 2.24) is 4.90 Å². The molecule has 0 atom stereocenters. The Hall–Kier alpha value is -4.24. The van der Waals surface area contributed by atoms with Crippen molar-refractivity contribution in [3.8, 4) is 34.1 Å². The monoisotopic (exact) mass is 521 g/mol. The van der Waals surface area contributed by atoms with Crippen LogP contribution < -0.4 is 29.6 Å². The van der Waals surface area contributed by atoms with Gasteiger partial charge in [-0.05, 0) is 75.5 Å². The zero-order valence-corrected chi connectivity index (χ0v) is 22.9. The number of rotatable bonds is 11. The van der Waals surface area contributed by atoms with Crippen LogP contribution in [0.2, 0.25) is 0 Å². The van der Waals surface area contributed by atoms with E-state index in [1.807, 2.05) is 44.1 Å². The highest BCUT2D eigenvalue weighted by molar-refractivity contribution is 6.01. The lowest BCUT2D eigenvalue weighted by Gasteiger charge is -2.17. The van der Waals surface area contributed by atoms with E-state index < -0.39 is 6.03 Å². The quantitative estimate of drug-likeness (QED) is 0.323. The maximum absolute atomic E-state index is 12.9. The largest absolute Gasteiger partial charge is 0.496 e. The molecule has 202 valence electrons. The molecule has 0 spiro atoms. The Morgan fingerprint density at radius 1 is 0.868 bits per heavy atom. The number of urea groups is 1. The van der Waals surface area contributed by atoms with Gasteiger partial charge in [-0.2, -0.15) is 0 Å². The predicted octanol–water partition coefficient (Wildman–Crippen LogP) is 5.47. The SMILES string of the molecule is COc1cc(-c2cc(NC(=O)Nc3ccc(OCCN(C)C)cc3C)cc(OC)c2OC)ccc1C(C)=O. The first-order valence-corrected chi connectivity index (χ1v) is 12.1. The van der Waals surface area contributed by atoms with Crippen LogP contribution in [0.4, 0.5) is 16.2 Å². The van der Waals surface area contributed by atoms with Crippen LogP contribution in [0, 0.1) is 6.92 Å². The third kappa shape index (κ3) is 6.95. The number of nitrogens with zero attached hydrogens (tertiary/aromatic N) is 1. The van der Waals surface area contributed by atoms with E-state index >= 15 is 0 Å². The number of ether oxygens (including phenoxy) is 4. The molecule has 0 fully saturated rings. The molecule has 0 heterocycles. The molecule has 9 heteroatoms. The van der Waals surface area contributed by atoms with E-state index in [-0.39, 0.29) is 5.78 Å². The summed E-state index contributed by atoms with van der Waals surface area (Å²) in [6.07, 6.45) is 0. The zero-order valence-electron chi connectivity index (χ0n) is 22.9. The Labute approximate surface area is 223 Å². The molecule has 0 saturated carbocycles. The number of hydrogen-bond acceptors (Lipinski definition) is 7. The van der Waals surface area contributed by atoms with E-state index in [1.165, 1.54) is 21.1 Å². The molecule has 0 bridgehead atoms. The normalized spacial score (nSPS) is 10.6. The maximum Gasteiger partial charge on any atom is 0.323 e. The van der Waals surface area contributed by atoms with Gasteiger partial charge in [0.05, 0.1) is 26.9 Å². The first-order valence-electron chi connectivity index (χ1n) is 12.1. The van der Waals surface area contributed by atoms with E-state index in [0.29, 0.717) is 46.4 Å². The molecule has 3 rings (SSSR count). The number of carbonyl (C=O) groups is 2. The van der Waals surface area contributed by atoms with Crippen LogP contribution in [0.3, 0.4) is 0 Å². The summed E-state index contributed by atoms with van der Waals surface area (Å²) in [7, 11) is 8.55. The van der Waals surface area contributed by atoms with Crippen molar-refractivity contribution in [2.24, 2.45) is 0 Å². The van der Waals surface area contributed by atoms with Gasteiger partial charge in [0.2, 0.25) is 0 Å². The van der Waals surface area contributed by atoms with Crippen LogP contribution in [-0.2, 0) is 0 Å². The summed E-state index contributed by atoms with van der Waals surface area (Å²) in [5.74, 6) is 2.00. The number of likely N-dealkylation sites (N-methyl/N-ethyl adjacent to an activating group) is 1. The summed E-state index contributed by atoms with van der Waals surface area (Å²) >= 11 is 0. The summed E-state index contributed by atoms with van der Waals surface area (Å²) in [5, 5.41) is 5.75. The second kappa shape index (κ2) is 12.8. The highest BCUT2D eigenvalue weighted by atomic mass is 16.5. The van der Waals surface area contributed by atoms with Gasteiger partial charge >= 0.3 is 6.03 Å². The summed E-state index contributed by atoms with van der Waals surface area (Å²) in [5.41, 5.74) is 3.88. The minimum absolute atomic E-state index is 0.103. The molecule has 9 nitrogen and oxygen atoms in total. The van der Waals surface area contributed by atoms with Crippen molar-refractivity contribution in [2.75, 3.05) is 59.2 Å². The third-order valence-electron chi connectivity index (χ3n) is 5.88. The molecule has 38 heavy (non-hydrogen) atoms. The minimum atomic E-state index is -0.419. The molecular formula is C29H35N3O6. The second-order valence-electron chi connectivity index (χ2n) is 8.94. The van der Waals surface area contributed by atoms with E-state index in [9.17, 15) is 9.59 Å². The van der Waals surface area contributed by atoms with Gasteiger partial charge < -0.3 is 34.5 Å². The van der Waals surface area contributed by atoms with Gasteiger partial charge in [0.15, 0.2) is 17.3 Å². The van der Waals surface area contributed by atoms with Crippen LogP contribution >= 0.6 is 0 Å². The van der Waals surface area contributed by atoms with Gasteiger partial charge in [0, 0.05) is 29.5 Å². The number of anilines is 2. The minimum Gasteiger partial charge on any atom is -0.496 e. The number of nitrogens with one attached hydrogen (secondary N) is 2. The van der Waals surface area contributed by atoms with Crippen molar-refractivity contribution >= 4 is 23.2 Å². The highest BCUT2D eigenvalue weighted by Crippen LogP contribution is 2.42. The fourth-order valence-corrected chi connectivity index (χ4v) is 3.90. The van der Waals surface area contributed by atoms with E-state index in [1.54, 1.807) is 37.4 Å². The molecule has 0 saturated heterocycles. The number of methoxy groups -OCH3 is 3. The van der Waals surface area contributed by atoms with Gasteiger partial charge in [-0.25, -0.2) is 4.79 Å². The Balaban J connectivity index is 1.84. The third-order valence-corrected chi connectivity index (χ3v) is 5.88. The van der Waals surface area contributed by atoms with Gasteiger partial charge in [-0.1, -0.05) is 6.07 Å². The number of carbonyl (C=O) groups excluding carboxylic acids is 2. The number of amides is 2. The van der Waals surface area contributed by atoms with Crippen molar-refractivity contribution in [3.05, 3.63) is 59.7 Å². The standard InChI is InChI=1S/C29H35N3O6/c1-18-14-22(38-13-12-32(3)4)9-11-25(18)31-29(34)30-21-16-24(28(37-7)27(17-21)36-6)20-8-10-23(19(2)33)26(15-20)35-5/h8-11,14-17H,12-13H2,1-7H3,(H2,30,31,34). The molecule has 3 aromatic carbocycles. The second-order valence-corrected chi connectivity index (χ2v) is 8.94. The Bertz CT molecular complexity index is 1310. The molecule has 0 radical (unpaired) electrons. The molecule has 0 aliphatic heterocycles. The highest BCUT2D eigenvalue weighted by Gasteiger charge is 2.18. The molecular weight excluding hydrogens is 486 g/mol. The first kappa shape index (κ1) is 28.3. The number of aryl methyl sites for hydroxylation is 1. The van der Waals surface area contributed by atoms with Gasteiger partial charge in [-0.15, -0.1) is 0 Å². The smallest absolute Gasteiger partial charge is 0.323 e. The van der Waals surface area contributed by atoms with E-state index in [4.69, 9.17) is 18.9 Å². The average Bonchev–Trinajstić information content (AvgIpc) is 2.88. The molecule has 2 amide bonds. The lowest BCUT2D eigenvalue weighted by Crippen LogP contribution is -2.20. The fraction of sp³-hybridized carbons (Fsp3) is 0.310. The molecule has 0 aliphatic carbocycles. The zero-order chi connectivity index (χ0) is 27.8. The van der Waals surface area contributed by atoms with E-state index in [0.717, 1.165) is 23.4 Å². The topological polar surface area (TPSA) is 98.4 Å². The predicted molar refractivity (Wildman–Crippen MR) is 149 cm³/mol. The molecule has 3 aromatic rings. The molecule has 0 aromatic heterocycles. The van der Waals surface area contributed by atoms with Gasteiger partial charge in [0.1, 0.15) is 18.1 Å². The van der Waals surface area contributed by atoms with Crippen LogP contribution in [0.25, 0.3) is 11.1 Å². The number of ketones is 1. The number of hydrogen-bond donors (Lipinski definition) is 2.